The number of aryl methyl sites for hydroxylation is 1. The third kappa shape index (κ3) is 4.94. The molecule has 2 aromatic rings. The summed E-state index contributed by atoms with van der Waals surface area (Å²) in [4.78, 5) is 28.6. The highest BCUT2D eigenvalue weighted by atomic mass is 16.2. The van der Waals surface area contributed by atoms with E-state index >= 15 is 0 Å². The fourth-order valence-electron chi connectivity index (χ4n) is 2.21. The minimum Gasteiger partial charge on any atom is -0.343 e. The van der Waals surface area contributed by atoms with Crippen LogP contribution in [0.1, 0.15) is 26.1 Å². The van der Waals surface area contributed by atoms with Crippen molar-refractivity contribution in [3.05, 3.63) is 30.5 Å². The summed E-state index contributed by atoms with van der Waals surface area (Å²) in [6.07, 6.45) is 5.47. The van der Waals surface area contributed by atoms with E-state index in [1.165, 1.54) is 0 Å². The van der Waals surface area contributed by atoms with E-state index in [-0.39, 0.29) is 24.3 Å². The van der Waals surface area contributed by atoms with E-state index in [9.17, 15) is 9.59 Å². The Kier molecular flexibility index (Phi) is 5.51. The Labute approximate surface area is 134 Å². The highest BCUT2D eigenvalue weighted by Crippen LogP contribution is 2.08. The van der Waals surface area contributed by atoms with E-state index in [0.29, 0.717) is 12.2 Å². The molecule has 2 rings (SSSR count). The van der Waals surface area contributed by atoms with E-state index < -0.39 is 6.04 Å². The Morgan fingerprint density at radius 3 is 2.70 bits per heavy atom. The van der Waals surface area contributed by atoms with Gasteiger partial charge in [-0.1, -0.05) is 13.8 Å². The standard InChI is InChI=1S/C15H22N6O2/c1-10(2)8-12(15(23)19-13-4-5-17-20-13)18-14(22)9-21-7-6-16-11(21)3/h4-7,10,12H,8-9H2,1-3H3,(H,18,22)(H2,17,19,20,23). The number of amides is 2. The second kappa shape index (κ2) is 7.57. The van der Waals surface area contributed by atoms with Crippen molar-refractivity contribution in [3.63, 3.8) is 0 Å². The molecule has 0 aliphatic heterocycles. The number of rotatable bonds is 7. The maximum absolute atomic E-state index is 12.4. The number of aromatic amines is 1. The van der Waals surface area contributed by atoms with Crippen LogP contribution in [0.4, 0.5) is 5.82 Å². The first-order chi connectivity index (χ1) is 11.0. The van der Waals surface area contributed by atoms with Gasteiger partial charge in [0, 0.05) is 18.5 Å². The predicted octanol–water partition coefficient (Wildman–Crippen LogP) is 1.08. The number of nitrogens with zero attached hydrogens (tertiary/aromatic N) is 3. The van der Waals surface area contributed by atoms with Crippen LogP contribution in [0.3, 0.4) is 0 Å². The van der Waals surface area contributed by atoms with Crippen molar-refractivity contribution in [2.24, 2.45) is 5.92 Å². The number of imidazole rings is 1. The number of aromatic nitrogens is 4. The van der Waals surface area contributed by atoms with Gasteiger partial charge in [-0.2, -0.15) is 5.10 Å². The van der Waals surface area contributed by atoms with Crippen molar-refractivity contribution < 1.29 is 9.59 Å². The quantitative estimate of drug-likeness (QED) is 0.710. The van der Waals surface area contributed by atoms with Gasteiger partial charge < -0.3 is 15.2 Å². The molecule has 0 saturated heterocycles. The molecule has 124 valence electrons. The lowest BCUT2D eigenvalue weighted by Gasteiger charge is -2.20. The maximum Gasteiger partial charge on any atom is 0.248 e. The van der Waals surface area contributed by atoms with Gasteiger partial charge in [0.2, 0.25) is 11.8 Å². The van der Waals surface area contributed by atoms with Gasteiger partial charge in [-0.05, 0) is 19.3 Å². The summed E-state index contributed by atoms with van der Waals surface area (Å²) in [6.45, 7) is 5.97. The molecule has 2 heterocycles. The molecule has 23 heavy (non-hydrogen) atoms. The largest absolute Gasteiger partial charge is 0.343 e. The van der Waals surface area contributed by atoms with Crippen molar-refractivity contribution in [1.82, 2.24) is 25.1 Å². The summed E-state index contributed by atoms with van der Waals surface area (Å²) in [5, 5.41) is 11.9. The second-order valence-corrected chi connectivity index (χ2v) is 5.81. The van der Waals surface area contributed by atoms with Gasteiger partial charge in [-0.25, -0.2) is 4.98 Å². The van der Waals surface area contributed by atoms with Crippen LogP contribution in [0.2, 0.25) is 0 Å². The molecule has 0 radical (unpaired) electrons. The fourth-order valence-corrected chi connectivity index (χ4v) is 2.21. The van der Waals surface area contributed by atoms with Crippen LogP contribution >= 0.6 is 0 Å². The van der Waals surface area contributed by atoms with Crippen LogP contribution < -0.4 is 10.6 Å². The smallest absolute Gasteiger partial charge is 0.248 e. The molecule has 0 spiro atoms. The van der Waals surface area contributed by atoms with E-state index in [1.54, 1.807) is 29.2 Å². The number of carbonyl (C=O) groups excluding carboxylic acids is 2. The van der Waals surface area contributed by atoms with Crippen LogP contribution in [0.5, 0.6) is 0 Å². The summed E-state index contributed by atoms with van der Waals surface area (Å²) < 4.78 is 1.73. The average Bonchev–Trinajstić information content (AvgIpc) is 3.10. The van der Waals surface area contributed by atoms with Gasteiger partial charge in [-0.15, -0.1) is 0 Å². The Bertz CT molecular complexity index is 647. The molecule has 0 aromatic carbocycles. The molecule has 8 nitrogen and oxygen atoms in total. The van der Waals surface area contributed by atoms with E-state index in [0.717, 1.165) is 5.82 Å². The zero-order valence-electron chi connectivity index (χ0n) is 13.5. The fraction of sp³-hybridized carbons (Fsp3) is 0.467. The summed E-state index contributed by atoms with van der Waals surface area (Å²) >= 11 is 0. The first-order valence-corrected chi connectivity index (χ1v) is 7.53. The molecule has 2 amide bonds. The third-order valence-electron chi connectivity index (χ3n) is 3.36. The van der Waals surface area contributed by atoms with Gasteiger partial charge in [0.25, 0.3) is 0 Å². The normalized spacial score (nSPS) is 12.2. The molecule has 0 aliphatic rings. The van der Waals surface area contributed by atoms with Crippen LogP contribution in [-0.4, -0.2) is 37.6 Å². The number of nitrogens with one attached hydrogen (secondary N) is 3. The van der Waals surface area contributed by atoms with Crippen LogP contribution in [0.25, 0.3) is 0 Å². The molecular formula is C15H22N6O2. The number of H-pyrrole nitrogens is 1. The first kappa shape index (κ1) is 16.7. The lowest BCUT2D eigenvalue weighted by atomic mass is 10.0. The van der Waals surface area contributed by atoms with Crippen molar-refractivity contribution in [2.75, 3.05) is 5.32 Å². The number of hydrogen-bond acceptors (Lipinski definition) is 4. The van der Waals surface area contributed by atoms with Crippen molar-refractivity contribution in [1.29, 1.82) is 0 Å². The van der Waals surface area contributed by atoms with Gasteiger partial charge >= 0.3 is 0 Å². The van der Waals surface area contributed by atoms with Crippen LogP contribution in [0.15, 0.2) is 24.7 Å². The molecule has 0 saturated carbocycles. The minimum atomic E-state index is -0.602. The van der Waals surface area contributed by atoms with E-state index in [1.807, 2.05) is 20.8 Å². The summed E-state index contributed by atoms with van der Waals surface area (Å²) in [7, 11) is 0. The van der Waals surface area contributed by atoms with Gasteiger partial charge in [0.05, 0.1) is 6.20 Å². The lowest BCUT2D eigenvalue weighted by Crippen LogP contribution is -2.45. The number of hydrogen-bond donors (Lipinski definition) is 3. The molecule has 8 heteroatoms. The van der Waals surface area contributed by atoms with Crippen LogP contribution in [0, 0.1) is 12.8 Å². The van der Waals surface area contributed by atoms with Crippen molar-refractivity contribution >= 4 is 17.6 Å². The Hall–Kier alpha value is -2.64. The molecule has 0 aliphatic carbocycles. The lowest BCUT2D eigenvalue weighted by molar-refractivity contribution is -0.127. The second-order valence-electron chi connectivity index (χ2n) is 5.81. The van der Waals surface area contributed by atoms with E-state index in [4.69, 9.17) is 0 Å². The Morgan fingerprint density at radius 1 is 1.35 bits per heavy atom. The zero-order valence-corrected chi connectivity index (χ0v) is 13.5. The highest BCUT2D eigenvalue weighted by molar-refractivity contribution is 5.96. The molecule has 0 bridgehead atoms. The number of anilines is 1. The van der Waals surface area contributed by atoms with E-state index in [2.05, 4.69) is 25.8 Å². The zero-order chi connectivity index (χ0) is 16.8. The molecule has 0 fully saturated rings. The average molecular weight is 318 g/mol. The monoisotopic (exact) mass is 318 g/mol. The summed E-state index contributed by atoms with van der Waals surface area (Å²) in [5.41, 5.74) is 0. The van der Waals surface area contributed by atoms with Gasteiger partial charge in [0.1, 0.15) is 24.2 Å². The Morgan fingerprint density at radius 2 is 2.13 bits per heavy atom. The SMILES string of the molecule is Cc1nccn1CC(=O)NC(CC(C)C)C(=O)Nc1ccn[nH]1. The maximum atomic E-state index is 12.4. The minimum absolute atomic E-state index is 0.137. The molecular weight excluding hydrogens is 296 g/mol. The Balaban J connectivity index is 1.98. The topological polar surface area (TPSA) is 105 Å². The summed E-state index contributed by atoms with van der Waals surface area (Å²) in [6, 6.07) is 1.05. The van der Waals surface area contributed by atoms with Crippen molar-refractivity contribution in [3.8, 4) is 0 Å². The van der Waals surface area contributed by atoms with Crippen LogP contribution in [-0.2, 0) is 16.1 Å². The predicted molar refractivity (Wildman–Crippen MR) is 85.6 cm³/mol. The first-order valence-electron chi connectivity index (χ1n) is 7.53. The van der Waals surface area contributed by atoms with Gasteiger partial charge in [-0.3, -0.25) is 14.7 Å². The van der Waals surface area contributed by atoms with Crippen molar-refractivity contribution in [2.45, 2.75) is 39.8 Å². The number of carbonyl (C=O) groups is 2. The summed E-state index contributed by atoms with van der Waals surface area (Å²) in [5.74, 6) is 1.03. The third-order valence-corrected chi connectivity index (χ3v) is 3.36. The molecule has 3 N–H and O–H groups in total. The molecule has 1 unspecified atom stereocenters. The molecule has 1 atom stereocenters. The van der Waals surface area contributed by atoms with Gasteiger partial charge in [0.15, 0.2) is 0 Å². The highest BCUT2D eigenvalue weighted by Gasteiger charge is 2.22. The molecule has 2 aromatic heterocycles.